The number of hydrazine groups is 1. The Morgan fingerprint density at radius 2 is 1.59 bits per heavy atom. The fraction of sp³-hybridized carbons (Fsp3) is 0.765. The first-order valence-electron chi connectivity index (χ1n) is 8.60. The molecule has 0 fully saturated rings. The van der Waals surface area contributed by atoms with Crippen LogP contribution in [0.25, 0.3) is 0 Å². The van der Waals surface area contributed by atoms with E-state index in [-0.39, 0.29) is 0 Å². The Kier molecular flexibility index (Phi) is 15.0. The van der Waals surface area contributed by atoms with Crippen LogP contribution < -0.4 is 11.7 Å². The number of imidazole rings is 1. The molecule has 0 aliphatic rings. The zero-order valence-electron chi connectivity index (χ0n) is 14.1. The van der Waals surface area contributed by atoms with Crippen LogP contribution in [0.15, 0.2) is 6.20 Å². The van der Waals surface area contributed by atoms with Crippen LogP contribution in [-0.2, 0) is 12.8 Å². The van der Waals surface area contributed by atoms with Gasteiger partial charge in [0.2, 0.25) is 0 Å². The summed E-state index contributed by atoms with van der Waals surface area (Å²) in [5, 5.41) is 8.54. The zero-order valence-corrected chi connectivity index (χ0v) is 14.1. The van der Waals surface area contributed by atoms with Crippen molar-refractivity contribution < 1.29 is 0 Å². The molecule has 1 heterocycles. The lowest BCUT2D eigenvalue weighted by atomic mass is 10.1. The third kappa shape index (κ3) is 11.3. The second-order valence-corrected chi connectivity index (χ2v) is 5.59. The van der Waals surface area contributed by atoms with Crippen molar-refractivity contribution in [3.8, 4) is 6.07 Å². The lowest BCUT2D eigenvalue weighted by Gasteiger charge is -2.01. The summed E-state index contributed by atoms with van der Waals surface area (Å²) >= 11 is 0. The first-order chi connectivity index (χ1) is 10.9. The number of nitrogens with zero attached hydrogens (tertiary/aromatic N) is 2. The Labute approximate surface area is 135 Å². The number of aromatic nitrogens is 2. The summed E-state index contributed by atoms with van der Waals surface area (Å²) in [6.45, 7) is 2.26. The topological polar surface area (TPSA) is 105 Å². The molecule has 0 amide bonds. The Morgan fingerprint density at radius 1 is 1.00 bits per heavy atom. The largest absolute Gasteiger partial charge is 0.346 e. The number of aryl methyl sites for hydroxylation is 2. The molecule has 5 heteroatoms. The smallest absolute Gasteiger partial charge is 0.106 e. The SMILES string of the molecule is CCCCCCCCCCCc1ncc(CCC#N)[nH]1.NN. The molecule has 0 aliphatic carbocycles. The number of nitrogens with two attached hydrogens (primary N) is 2. The van der Waals surface area contributed by atoms with Gasteiger partial charge in [-0.2, -0.15) is 5.26 Å². The fourth-order valence-corrected chi connectivity index (χ4v) is 2.45. The van der Waals surface area contributed by atoms with Gasteiger partial charge in [-0.25, -0.2) is 4.98 Å². The van der Waals surface area contributed by atoms with Gasteiger partial charge in [0.05, 0.1) is 6.07 Å². The minimum atomic E-state index is 0.569. The van der Waals surface area contributed by atoms with Gasteiger partial charge >= 0.3 is 0 Å². The van der Waals surface area contributed by atoms with Crippen molar-refractivity contribution in [1.29, 1.82) is 5.26 Å². The van der Waals surface area contributed by atoms with Gasteiger partial charge in [0.25, 0.3) is 0 Å². The quantitative estimate of drug-likeness (QED) is 0.310. The molecular weight excluding hydrogens is 274 g/mol. The van der Waals surface area contributed by atoms with Crippen LogP contribution >= 0.6 is 0 Å². The Bertz CT molecular complexity index is 381. The number of nitriles is 1. The first-order valence-corrected chi connectivity index (χ1v) is 8.60. The molecule has 0 unspecified atom stereocenters. The lowest BCUT2D eigenvalue weighted by molar-refractivity contribution is 0.562. The molecule has 0 atom stereocenters. The summed E-state index contributed by atoms with van der Waals surface area (Å²) in [4.78, 5) is 7.68. The minimum Gasteiger partial charge on any atom is -0.346 e. The second-order valence-electron chi connectivity index (χ2n) is 5.59. The number of rotatable bonds is 12. The van der Waals surface area contributed by atoms with Gasteiger partial charge in [-0.15, -0.1) is 0 Å². The molecule has 1 aromatic heterocycles. The van der Waals surface area contributed by atoms with Crippen molar-refractivity contribution in [2.75, 3.05) is 0 Å². The molecule has 5 N–H and O–H groups in total. The molecule has 5 nitrogen and oxygen atoms in total. The summed E-state index contributed by atoms with van der Waals surface area (Å²) in [6.07, 6.45) is 16.5. The number of nitrogens with one attached hydrogen (secondary N) is 1. The Hall–Kier alpha value is -1.38. The van der Waals surface area contributed by atoms with E-state index in [2.05, 4.69) is 34.6 Å². The summed E-state index contributed by atoms with van der Waals surface area (Å²) < 4.78 is 0. The molecule has 0 saturated carbocycles. The van der Waals surface area contributed by atoms with E-state index in [0.717, 1.165) is 24.4 Å². The Balaban J connectivity index is 0.00000211. The lowest BCUT2D eigenvalue weighted by Crippen LogP contribution is -2.02. The molecule has 0 aromatic carbocycles. The molecule has 1 aromatic rings. The maximum atomic E-state index is 8.54. The third-order valence-corrected chi connectivity index (χ3v) is 3.70. The molecular formula is C17H33N5. The number of unbranched alkanes of at least 4 members (excludes halogenated alkanes) is 8. The minimum absolute atomic E-state index is 0.569. The summed E-state index contributed by atoms with van der Waals surface area (Å²) in [6, 6.07) is 2.16. The highest BCUT2D eigenvalue weighted by molar-refractivity contribution is 5.02. The van der Waals surface area contributed by atoms with Gasteiger partial charge in [0, 0.05) is 31.2 Å². The number of aromatic amines is 1. The molecule has 1 rings (SSSR count). The zero-order chi connectivity index (χ0) is 16.5. The van der Waals surface area contributed by atoms with Crippen LogP contribution in [0.4, 0.5) is 0 Å². The number of hydrogen-bond acceptors (Lipinski definition) is 4. The fourth-order valence-electron chi connectivity index (χ4n) is 2.45. The van der Waals surface area contributed by atoms with Crippen LogP contribution in [0.3, 0.4) is 0 Å². The highest BCUT2D eigenvalue weighted by atomic mass is 15.0. The molecule has 22 heavy (non-hydrogen) atoms. The van der Waals surface area contributed by atoms with Gasteiger partial charge < -0.3 is 4.98 Å². The van der Waals surface area contributed by atoms with Gasteiger partial charge in [-0.05, 0) is 6.42 Å². The maximum absolute atomic E-state index is 8.54. The third-order valence-electron chi connectivity index (χ3n) is 3.70. The highest BCUT2D eigenvalue weighted by Crippen LogP contribution is 2.11. The van der Waals surface area contributed by atoms with Gasteiger partial charge in [-0.3, -0.25) is 11.7 Å². The van der Waals surface area contributed by atoms with Crippen LogP contribution in [0, 0.1) is 11.3 Å². The van der Waals surface area contributed by atoms with E-state index in [1.54, 1.807) is 0 Å². The molecule has 0 aliphatic heterocycles. The predicted molar refractivity (Wildman–Crippen MR) is 91.8 cm³/mol. The van der Waals surface area contributed by atoms with Crippen LogP contribution in [0.1, 0.15) is 82.7 Å². The molecule has 0 radical (unpaired) electrons. The number of H-pyrrole nitrogens is 1. The molecule has 0 spiro atoms. The van der Waals surface area contributed by atoms with Crippen molar-refractivity contribution in [2.45, 2.75) is 84.0 Å². The van der Waals surface area contributed by atoms with Crippen molar-refractivity contribution in [2.24, 2.45) is 11.7 Å². The van der Waals surface area contributed by atoms with Crippen molar-refractivity contribution in [1.82, 2.24) is 9.97 Å². The van der Waals surface area contributed by atoms with Gasteiger partial charge in [0.1, 0.15) is 5.82 Å². The van der Waals surface area contributed by atoms with Gasteiger partial charge in [0.15, 0.2) is 0 Å². The molecule has 0 saturated heterocycles. The van der Waals surface area contributed by atoms with Crippen molar-refractivity contribution in [3.05, 3.63) is 17.7 Å². The maximum Gasteiger partial charge on any atom is 0.106 e. The highest BCUT2D eigenvalue weighted by Gasteiger charge is 2.00. The van der Waals surface area contributed by atoms with E-state index < -0.39 is 0 Å². The van der Waals surface area contributed by atoms with Crippen molar-refractivity contribution >= 4 is 0 Å². The van der Waals surface area contributed by atoms with Crippen LogP contribution in [0.5, 0.6) is 0 Å². The van der Waals surface area contributed by atoms with E-state index in [1.165, 1.54) is 57.8 Å². The summed E-state index contributed by atoms with van der Waals surface area (Å²) in [5.74, 6) is 9.08. The molecule has 0 bridgehead atoms. The van der Waals surface area contributed by atoms with E-state index in [4.69, 9.17) is 5.26 Å². The van der Waals surface area contributed by atoms with E-state index in [9.17, 15) is 0 Å². The normalized spacial score (nSPS) is 9.91. The summed E-state index contributed by atoms with van der Waals surface area (Å²) in [7, 11) is 0. The number of hydrogen-bond donors (Lipinski definition) is 3. The van der Waals surface area contributed by atoms with Crippen molar-refractivity contribution in [3.63, 3.8) is 0 Å². The second kappa shape index (κ2) is 16.0. The van der Waals surface area contributed by atoms with Crippen LogP contribution in [-0.4, -0.2) is 9.97 Å². The monoisotopic (exact) mass is 307 g/mol. The van der Waals surface area contributed by atoms with Gasteiger partial charge in [-0.1, -0.05) is 58.3 Å². The average molecular weight is 307 g/mol. The average Bonchev–Trinajstić information content (AvgIpc) is 3.01. The van der Waals surface area contributed by atoms with E-state index in [0.29, 0.717) is 6.42 Å². The predicted octanol–water partition coefficient (Wildman–Crippen LogP) is 3.76. The first kappa shape index (κ1) is 20.6. The van der Waals surface area contributed by atoms with Crippen LogP contribution in [0.2, 0.25) is 0 Å². The standard InChI is InChI=1S/C17H29N3.H4N2/c1-2-3-4-5-6-7-8-9-10-13-17-19-15-16(20-17)12-11-14-18;1-2/h15H,2-13H2,1H3,(H,19,20);1-2H2. The Morgan fingerprint density at radius 3 is 2.18 bits per heavy atom. The summed E-state index contributed by atoms with van der Waals surface area (Å²) in [5.41, 5.74) is 1.09. The van der Waals surface area contributed by atoms with E-state index in [1.807, 2.05) is 6.20 Å². The molecule has 126 valence electrons. The van der Waals surface area contributed by atoms with E-state index >= 15 is 0 Å².